The van der Waals surface area contributed by atoms with E-state index in [0.29, 0.717) is 24.1 Å². The number of pyridine rings is 1. The van der Waals surface area contributed by atoms with Gasteiger partial charge in [-0.2, -0.15) is 5.10 Å². The highest BCUT2D eigenvalue weighted by Crippen LogP contribution is 2.27. The molecule has 2 heterocycles. The topological polar surface area (TPSA) is 74.1 Å². The summed E-state index contributed by atoms with van der Waals surface area (Å²) in [6, 6.07) is 15.6. The summed E-state index contributed by atoms with van der Waals surface area (Å²) in [4.78, 5) is 8.70. The van der Waals surface area contributed by atoms with Crippen molar-refractivity contribution in [1.82, 2.24) is 25.1 Å². The lowest BCUT2D eigenvalue weighted by molar-refractivity contribution is 0.290. The molecule has 2 aromatic heterocycles. The number of ether oxygens (including phenoxy) is 2. The number of rotatable bonds is 9. The molecule has 0 aliphatic rings. The van der Waals surface area contributed by atoms with E-state index in [-0.39, 0.29) is 0 Å². The van der Waals surface area contributed by atoms with Gasteiger partial charge in [-0.1, -0.05) is 29.8 Å². The number of halogens is 1. The molecule has 0 bridgehead atoms. The van der Waals surface area contributed by atoms with Gasteiger partial charge in [0.1, 0.15) is 25.0 Å². The van der Waals surface area contributed by atoms with Gasteiger partial charge >= 0.3 is 0 Å². The second-order valence-corrected chi connectivity index (χ2v) is 7.13. The van der Waals surface area contributed by atoms with Gasteiger partial charge in [0.05, 0.1) is 19.2 Å². The molecule has 0 aliphatic carbocycles. The van der Waals surface area contributed by atoms with Crippen LogP contribution in [0.1, 0.15) is 11.1 Å². The van der Waals surface area contributed by atoms with Crippen molar-refractivity contribution in [3.05, 3.63) is 77.3 Å². The highest BCUT2D eigenvalue weighted by atomic mass is 35.5. The number of nitrogens with zero attached hydrogens (tertiary/aromatic N) is 4. The van der Waals surface area contributed by atoms with Crippen LogP contribution in [0.15, 0.2) is 61.2 Å². The number of nitrogens with one attached hydrogen (secondary N) is 1. The standard InChI is InChI=1S/C22H22ClN5O2/c1-29-19-7-6-16-10-18(12-24-8-9-28-15-25-14-26-28)22(27-21(16)11-19)30-13-17-4-2-3-5-20(17)23/h2-7,10-11,14-15,24H,8-9,12-13H2,1H3. The Balaban J connectivity index is 1.53. The zero-order valence-corrected chi connectivity index (χ0v) is 17.3. The lowest BCUT2D eigenvalue weighted by Crippen LogP contribution is -2.20. The van der Waals surface area contributed by atoms with E-state index in [1.165, 1.54) is 6.33 Å². The molecule has 4 aromatic rings. The molecule has 0 radical (unpaired) electrons. The highest BCUT2D eigenvalue weighted by molar-refractivity contribution is 6.31. The van der Waals surface area contributed by atoms with Crippen LogP contribution in [0.5, 0.6) is 11.6 Å². The lowest BCUT2D eigenvalue weighted by Gasteiger charge is -2.14. The molecule has 0 spiro atoms. The van der Waals surface area contributed by atoms with E-state index in [9.17, 15) is 0 Å². The summed E-state index contributed by atoms with van der Waals surface area (Å²) in [7, 11) is 1.64. The molecular formula is C22H22ClN5O2. The minimum absolute atomic E-state index is 0.341. The summed E-state index contributed by atoms with van der Waals surface area (Å²) in [6.45, 7) is 2.43. The summed E-state index contributed by atoms with van der Waals surface area (Å²) in [5, 5.41) is 9.22. The first-order valence-electron chi connectivity index (χ1n) is 9.60. The van der Waals surface area contributed by atoms with Gasteiger partial charge in [0.15, 0.2) is 0 Å². The Bertz CT molecular complexity index is 1120. The van der Waals surface area contributed by atoms with Crippen LogP contribution in [-0.4, -0.2) is 33.4 Å². The van der Waals surface area contributed by atoms with Gasteiger partial charge in [0.25, 0.3) is 0 Å². The van der Waals surface area contributed by atoms with Crippen molar-refractivity contribution >= 4 is 22.5 Å². The van der Waals surface area contributed by atoms with Crippen LogP contribution < -0.4 is 14.8 Å². The number of benzene rings is 2. The molecular weight excluding hydrogens is 402 g/mol. The van der Waals surface area contributed by atoms with Crippen LogP contribution in [-0.2, 0) is 19.7 Å². The minimum atomic E-state index is 0.341. The van der Waals surface area contributed by atoms with Gasteiger partial charge in [0.2, 0.25) is 5.88 Å². The van der Waals surface area contributed by atoms with Gasteiger partial charge in [-0.15, -0.1) is 0 Å². The van der Waals surface area contributed by atoms with E-state index in [1.807, 2.05) is 42.5 Å². The molecule has 0 atom stereocenters. The molecule has 0 unspecified atom stereocenters. The maximum absolute atomic E-state index is 6.27. The van der Waals surface area contributed by atoms with E-state index < -0.39 is 0 Å². The van der Waals surface area contributed by atoms with E-state index in [0.717, 1.165) is 40.9 Å². The summed E-state index contributed by atoms with van der Waals surface area (Å²) in [5.41, 5.74) is 2.70. The molecule has 0 saturated heterocycles. The molecule has 0 amide bonds. The monoisotopic (exact) mass is 423 g/mol. The van der Waals surface area contributed by atoms with Gasteiger partial charge < -0.3 is 14.8 Å². The van der Waals surface area contributed by atoms with Crippen LogP contribution in [0, 0.1) is 0 Å². The van der Waals surface area contributed by atoms with E-state index in [2.05, 4.69) is 21.5 Å². The summed E-state index contributed by atoms with van der Waals surface area (Å²) in [5.74, 6) is 1.33. The van der Waals surface area contributed by atoms with Crippen LogP contribution >= 0.6 is 11.6 Å². The summed E-state index contributed by atoms with van der Waals surface area (Å²) >= 11 is 6.27. The Labute approximate surface area is 179 Å². The van der Waals surface area contributed by atoms with Gasteiger partial charge in [-0.25, -0.2) is 9.97 Å². The first-order chi connectivity index (χ1) is 14.7. The number of fused-ring (bicyclic) bond motifs is 1. The third-order valence-corrected chi connectivity index (χ3v) is 5.05. The number of methoxy groups -OCH3 is 1. The van der Waals surface area contributed by atoms with Crippen molar-refractivity contribution in [3.8, 4) is 11.6 Å². The Kier molecular flexibility index (Phi) is 6.41. The molecule has 154 valence electrons. The smallest absolute Gasteiger partial charge is 0.218 e. The maximum atomic E-state index is 6.27. The first kappa shape index (κ1) is 20.1. The van der Waals surface area contributed by atoms with Crippen LogP contribution in [0.3, 0.4) is 0 Å². The second-order valence-electron chi connectivity index (χ2n) is 6.73. The minimum Gasteiger partial charge on any atom is -0.497 e. The quantitative estimate of drug-likeness (QED) is 0.412. The Morgan fingerprint density at radius 2 is 2.00 bits per heavy atom. The van der Waals surface area contributed by atoms with Gasteiger partial charge in [0, 0.05) is 40.7 Å². The van der Waals surface area contributed by atoms with Crippen molar-refractivity contribution in [2.24, 2.45) is 0 Å². The van der Waals surface area contributed by atoms with E-state index >= 15 is 0 Å². The third-order valence-electron chi connectivity index (χ3n) is 4.69. The predicted octanol–water partition coefficient (Wildman–Crippen LogP) is 3.86. The third kappa shape index (κ3) is 4.87. The Morgan fingerprint density at radius 1 is 1.10 bits per heavy atom. The molecule has 7 nitrogen and oxygen atoms in total. The Morgan fingerprint density at radius 3 is 2.80 bits per heavy atom. The van der Waals surface area contributed by atoms with Gasteiger partial charge in [-0.3, -0.25) is 4.68 Å². The van der Waals surface area contributed by atoms with Gasteiger partial charge in [-0.05, 0) is 24.3 Å². The fourth-order valence-electron chi connectivity index (χ4n) is 3.08. The fourth-order valence-corrected chi connectivity index (χ4v) is 3.27. The van der Waals surface area contributed by atoms with Crippen molar-refractivity contribution < 1.29 is 9.47 Å². The zero-order chi connectivity index (χ0) is 20.8. The molecule has 1 N–H and O–H groups in total. The summed E-state index contributed by atoms with van der Waals surface area (Å²) in [6.07, 6.45) is 3.23. The van der Waals surface area contributed by atoms with Crippen LogP contribution in [0.2, 0.25) is 5.02 Å². The average molecular weight is 424 g/mol. The molecule has 30 heavy (non-hydrogen) atoms. The molecule has 0 fully saturated rings. The predicted molar refractivity (Wildman–Crippen MR) is 116 cm³/mol. The first-order valence-corrected chi connectivity index (χ1v) is 9.98. The molecule has 4 rings (SSSR count). The van der Waals surface area contributed by atoms with Crippen molar-refractivity contribution in [1.29, 1.82) is 0 Å². The van der Waals surface area contributed by atoms with Crippen LogP contribution in [0.4, 0.5) is 0 Å². The van der Waals surface area contributed by atoms with Crippen molar-refractivity contribution in [3.63, 3.8) is 0 Å². The molecule has 0 saturated carbocycles. The Hall–Kier alpha value is -3.16. The van der Waals surface area contributed by atoms with Crippen molar-refractivity contribution in [2.75, 3.05) is 13.7 Å². The molecule has 2 aromatic carbocycles. The maximum Gasteiger partial charge on any atom is 0.218 e. The molecule has 8 heteroatoms. The number of hydrogen-bond donors (Lipinski definition) is 1. The molecule has 0 aliphatic heterocycles. The van der Waals surface area contributed by atoms with Crippen LogP contribution in [0.25, 0.3) is 10.9 Å². The second kappa shape index (κ2) is 9.56. The van der Waals surface area contributed by atoms with E-state index in [4.69, 9.17) is 26.1 Å². The summed E-state index contributed by atoms with van der Waals surface area (Å²) < 4.78 is 13.2. The number of aromatic nitrogens is 4. The van der Waals surface area contributed by atoms with E-state index in [1.54, 1.807) is 18.1 Å². The average Bonchev–Trinajstić information content (AvgIpc) is 3.29. The highest BCUT2D eigenvalue weighted by Gasteiger charge is 2.11. The SMILES string of the molecule is COc1ccc2cc(CNCCn3cncn3)c(OCc3ccccc3Cl)nc2c1. The fraction of sp³-hybridized carbons (Fsp3) is 0.227. The largest absolute Gasteiger partial charge is 0.497 e. The lowest BCUT2D eigenvalue weighted by atomic mass is 10.1. The normalized spacial score (nSPS) is 11.0. The van der Waals surface area contributed by atoms with Crippen molar-refractivity contribution in [2.45, 2.75) is 19.7 Å². The number of hydrogen-bond acceptors (Lipinski definition) is 6. The zero-order valence-electron chi connectivity index (χ0n) is 16.6.